The van der Waals surface area contributed by atoms with Crippen molar-refractivity contribution >= 4 is 54.2 Å². The number of aliphatic hydroxyl groups is 1. The van der Waals surface area contributed by atoms with E-state index < -0.39 is 6.10 Å². The quantitative estimate of drug-likeness (QED) is 0.525. The molecule has 0 spiro atoms. The molecule has 4 heteroatoms. The van der Waals surface area contributed by atoms with Gasteiger partial charge in [0.15, 0.2) is 0 Å². The summed E-state index contributed by atoms with van der Waals surface area (Å²) in [4.78, 5) is 0. The van der Waals surface area contributed by atoms with Crippen molar-refractivity contribution in [1.29, 1.82) is 0 Å². The number of hydrogen-bond donors (Lipinski definition) is 1. The molecule has 0 aliphatic carbocycles. The topological polar surface area (TPSA) is 20.2 Å². The maximum Gasteiger partial charge on any atom is 0.105 e. The Balaban J connectivity index is 2.18. The van der Waals surface area contributed by atoms with E-state index in [4.69, 9.17) is 11.6 Å². The Bertz CT molecular complexity index is 797. The highest BCUT2D eigenvalue weighted by Gasteiger charge is 2.15. The molecular weight excluding hydrogens is 415 g/mol. The molecule has 106 valence electrons. The molecule has 21 heavy (non-hydrogen) atoms. The minimum Gasteiger partial charge on any atom is -0.384 e. The SMILES string of the molecule is OC(c1cc(Br)cc(Br)c1)c1ccc(Cl)c2ccccc12. The average molecular weight is 427 g/mol. The van der Waals surface area contributed by atoms with E-state index in [0.29, 0.717) is 5.02 Å². The second-order valence-electron chi connectivity index (χ2n) is 4.79. The van der Waals surface area contributed by atoms with Crippen LogP contribution in [0.2, 0.25) is 5.02 Å². The zero-order valence-corrected chi connectivity index (χ0v) is 14.8. The van der Waals surface area contributed by atoms with Crippen LogP contribution in [0.25, 0.3) is 10.8 Å². The van der Waals surface area contributed by atoms with E-state index in [1.165, 1.54) is 0 Å². The third kappa shape index (κ3) is 3.02. The zero-order valence-electron chi connectivity index (χ0n) is 10.9. The highest BCUT2D eigenvalue weighted by atomic mass is 79.9. The largest absolute Gasteiger partial charge is 0.384 e. The predicted octanol–water partition coefficient (Wildman–Crippen LogP) is 6.10. The summed E-state index contributed by atoms with van der Waals surface area (Å²) in [7, 11) is 0. The van der Waals surface area contributed by atoms with Crippen LogP contribution in [-0.4, -0.2) is 5.11 Å². The maximum atomic E-state index is 10.7. The van der Waals surface area contributed by atoms with Gasteiger partial charge in [0, 0.05) is 19.4 Å². The highest BCUT2D eigenvalue weighted by molar-refractivity contribution is 9.11. The van der Waals surface area contributed by atoms with Crippen molar-refractivity contribution in [3.8, 4) is 0 Å². The van der Waals surface area contributed by atoms with Gasteiger partial charge in [-0.15, -0.1) is 0 Å². The first-order valence-electron chi connectivity index (χ1n) is 6.37. The van der Waals surface area contributed by atoms with E-state index in [9.17, 15) is 5.11 Å². The molecule has 3 aromatic rings. The normalized spacial score (nSPS) is 12.6. The second kappa shape index (κ2) is 6.09. The van der Waals surface area contributed by atoms with Gasteiger partial charge in [0.1, 0.15) is 6.10 Å². The van der Waals surface area contributed by atoms with Gasteiger partial charge in [0.05, 0.1) is 0 Å². The highest BCUT2D eigenvalue weighted by Crippen LogP contribution is 2.34. The van der Waals surface area contributed by atoms with E-state index in [2.05, 4.69) is 31.9 Å². The van der Waals surface area contributed by atoms with Crippen molar-refractivity contribution in [3.63, 3.8) is 0 Å². The molecule has 0 aliphatic rings. The first-order valence-corrected chi connectivity index (χ1v) is 8.34. The maximum absolute atomic E-state index is 10.7. The fourth-order valence-electron chi connectivity index (χ4n) is 2.44. The lowest BCUT2D eigenvalue weighted by Gasteiger charge is -2.16. The van der Waals surface area contributed by atoms with E-state index in [-0.39, 0.29) is 0 Å². The van der Waals surface area contributed by atoms with Crippen LogP contribution in [0, 0.1) is 0 Å². The number of hydrogen-bond acceptors (Lipinski definition) is 1. The number of fused-ring (bicyclic) bond motifs is 1. The lowest BCUT2D eigenvalue weighted by molar-refractivity contribution is 0.222. The molecule has 0 aliphatic heterocycles. The summed E-state index contributed by atoms with van der Waals surface area (Å²) >= 11 is 13.1. The second-order valence-corrected chi connectivity index (χ2v) is 7.03. The van der Waals surface area contributed by atoms with Crippen LogP contribution in [-0.2, 0) is 0 Å². The van der Waals surface area contributed by atoms with Crippen molar-refractivity contribution in [1.82, 2.24) is 0 Å². The lowest BCUT2D eigenvalue weighted by atomic mass is 9.96. The molecule has 1 atom stereocenters. The smallest absolute Gasteiger partial charge is 0.105 e. The molecule has 0 bridgehead atoms. The zero-order chi connectivity index (χ0) is 15.0. The number of halogens is 3. The number of rotatable bonds is 2. The molecule has 1 nitrogen and oxygen atoms in total. The summed E-state index contributed by atoms with van der Waals surface area (Å²) in [5, 5.41) is 13.4. The summed E-state index contributed by atoms with van der Waals surface area (Å²) in [5.41, 5.74) is 1.67. The van der Waals surface area contributed by atoms with Gasteiger partial charge in [-0.2, -0.15) is 0 Å². The molecule has 0 saturated carbocycles. The van der Waals surface area contributed by atoms with Gasteiger partial charge in [-0.3, -0.25) is 0 Å². The van der Waals surface area contributed by atoms with Gasteiger partial charge in [0.25, 0.3) is 0 Å². The van der Waals surface area contributed by atoms with Crippen molar-refractivity contribution in [2.24, 2.45) is 0 Å². The Morgan fingerprint density at radius 1 is 0.857 bits per heavy atom. The Labute approximate surface area is 144 Å². The Hall–Kier alpha value is -0.870. The fraction of sp³-hybridized carbons (Fsp3) is 0.0588. The van der Waals surface area contributed by atoms with Gasteiger partial charge in [-0.05, 0) is 40.8 Å². The molecule has 0 radical (unpaired) electrons. The van der Waals surface area contributed by atoms with Crippen LogP contribution in [0.15, 0.2) is 63.5 Å². The number of benzene rings is 3. The van der Waals surface area contributed by atoms with Crippen molar-refractivity contribution in [2.75, 3.05) is 0 Å². The molecule has 3 rings (SSSR count). The van der Waals surface area contributed by atoms with Crippen LogP contribution in [0.3, 0.4) is 0 Å². The molecule has 0 fully saturated rings. The third-order valence-corrected chi connectivity index (χ3v) is 4.65. The first-order chi connectivity index (χ1) is 10.1. The summed E-state index contributed by atoms with van der Waals surface area (Å²) in [5.74, 6) is 0. The predicted molar refractivity (Wildman–Crippen MR) is 94.9 cm³/mol. The van der Waals surface area contributed by atoms with E-state index in [1.807, 2.05) is 54.6 Å². The summed E-state index contributed by atoms with van der Waals surface area (Å²) < 4.78 is 1.84. The molecule has 0 aromatic heterocycles. The summed E-state index contributed by atoms with van der Waals surface area (Å²) in [6, 6.07) is 17.3. The molecule has 0 saturated heterocycles. The van der Waals surface area contributed by atoms with Gasteiger partial charge in [0.2, 0.25) is 0 Å². The minimum atomic E-state index is -0.707. The van der Waals surface area contributed by atoms with Gasteiger partial charge in [-0.25, -0.2) is 0 Å². The third-order valence-electron chi connectivity index (χ3n) is 3.40. The van der Waals surface area contributed by atoms with E-state index in [1.54, 1.807) is 0 Å². The van der Waals surface area contributed by atoms with Gasteiger partial charge >= 0.3 is 0 Å². The minimum absolute atomic E-state index is 0.692. The standard InChI is InChI=1S/C17H11Br2ClO/c18-11-7-10(8-12(19)9-11)17(21)15-5-6-16(20)14-4-2-1-3-13(14)15/h1-9,17,21H. The van der Waals surface area contributed by atoms with Crippen LogP contribution in [0.4, 0.5) is 0 Å². The fourth-order valence-corrected chi connectivity index (χ4v) is 3.99. The average Bonchev–Trinajstić information content (AvgIpc) is 2.46. The van der Waals surface area contributed by atoms with Crippen LogP contribution in [0.1, 0.15) is 17.2 Å². The lowest BCUT2D eigenvalue weighted by Crippen LogP contribution is -2.01. The molecule has 0 amide bonds. The van der Waals surface area contributed by atoms with Gasteiger partial charge in [-0.1, -0.05) is 73.8 Å². The number of aliphatic hydroxyl groups excluding tert-OH is 1. The Morgan fingerprint density at radius 2 is 1.48 bits per heavy atom. The van der Waals surface area contributed by atoms with Crippen molar-refractivity contribution in [2.45, 2.75) is 6.10 Å². The molecule has 0 heterocycles. The van der Waals surface area contributed by atoms with Crippen LogP contribution in [0.5, 0.6) is 0 Å². The molecule has 1 N–H and O–H groups in total. The summed E-state index contributed by atoms with van der Waals surface area (Å²) in [6.45, 7) is 0. The Morgan fingerprint density at radius 3 is 2.14 bits per heavy atom. The molecule has 1 unspecified atom stereocenters. The first kappa shape index (κ1) is 15.0. The van der Waals surface area contributed by atoms with Crippen LogP contribution < -0.4 is 0 Å². The van der Waals surface area contributed by atoms with E-state index in [0.717, 1.165) is 30.8 Å². The van der Waals surface area contributed by atoms with E-state index >= 15 is 0 Å². The Kier molecular flexibility index (Phi) is 4.36. The van der Waals surface area contributed by atoms with Gasteiger partial charge < -0.3 is 5.11 Å². The summed E-state index contributed by atoms with van der Waals surface area (Å²) in [6.07, 6.45) is -0.707. The van der Waals surface area contributed by atoms with Crippen molar-refractivity contribution < 1.29 is 5.11 Å². The molecular formula is C17H11Br2ClO. The monoisotopic (exact) mass is 424 g/mol. The van der Waals surface area contributed by atoms with Crippen LogP contribution >= 0.6 is 43.5 Å². The molecule has 3 aromatic carbocycles. The van der Waals surface area contributed by atoms with Crippen molar-refractivity contribution in [3.05, 3.63) is 79.7 Å².